The molecule has 1 fully saturated rings. The van der Waals surface area contributed by atoms with Gasteiger partial charge in [-0.05, 0) is 34.8 Å². The van der Waals surface area contributed by atoms with Crippen LogP contribution in [0.5, 0.6) is 0 Å². The molecule has 1 heterocycles. The Morgan fingerprint density at radius 3 is 2.53 bits per heavy atom. The van der Waals surface area contributed by atoms with E-state index in [-0.39, 0.29) is 0 Å². The van der Waals surface area contributed by atoms with E-state index in [0.717, 1.165) is 31.8 Å². The fraction of sp³-hybridized carbons (Fsp3) is 0.286. The molecule has 1 saturated carbocycles. The highest BCUT2D eigenvalue weighted by atomic mass is 79.9. The van der Waals surface area contributed by atoms with Crippen LogP contribution in [0.1, 0.15) is 24.5 Å². The summed E-state index contributed by atoms with van der Waals surface area (Å²) in [5.74, 6) is 2.19. The zero-order chi connectivity index (χ0) is 13.4. The number of nitrogens with one attached hydrogen (secondary N) is 1. The van der Waals surface area contributed by atoms with Crippen molar-refractivity contribution < 1.29 is 0 Å². The molecule has 0 amide bonds. The van der Waals surface area contributed by atoms with Crippen molar-refractivity contribution in [1.82, 2.24) is 9.97 Å². The normalized spacial score (nSPS) is 14.5. The lowest BCUT2D eigenvalue weighted by atomic mass is 10.2. The third kappa shape index (κ3) is 2.54. The van der Waals surface area contributed by atoms with E-state index in [2.05, 4.69) is 42.2 Å². The lowest BCUT2D eigenvalue weighted by Gasteiger charge is -2.11. The van der Waals surface area contributed by atoms with Gasteiger partial charge in [0.05, 0.1) is 10.2 Å². The van der Waals surface area contributed by atoms with Crippen LogP contribution in [-0.2, 0) is 0 Å². The highest BCUT2D eigenvalue weighted by Crippen LogP contribution is 2.44. The number of hydrogen-bond donors (Lipinski definition) is 1. The topological polar surface area (TPSA) is 37.8 Å². The fourth-order valence-corrected chi connectivity index (χ4v) is 3.18. The molecule has 1 aromatic heterocycles. The van der Waals surface area contributed by atoms with Gasteiger partial charge in [0, 0.05) is 23.0 Å². The molecular weight excluding hydrogens is 370 g/mol. The number of benzene rings is 1. The van der Waals surface area contributed by atoms with E-state index in [1.54, 1.807) is 0 Å². The molecule has 0 atom stereocenters. The number of anilines is 1. The SMILES string of the molecule is CNc1nc(-c2ccccc2Br)nc(C2CC2)c1Br. The molecule has 1 aliphatic carbocycles. The van der Waals surface area contributed by atoms with Gasteiger partial charge in [-0.25, -0.2) is 9.97 Å². The molecular formula is C14H13Br2N3. The van der Waals surface area contributed by atoms with Crippen LogP contribution in [0.2, 0.25) is 0 Å². The van der Waals surface area contributed by atoms with E-state index in [0.29, 0.717) is 5.92 Å². The van der Waals surface area contributed by atoms with E-state index in [4.69, 9.17) is 4.98 Å². The van der Waals surface area contributed by atoms with Gasteiger partial charge in [0.15, 0.2) is 5.82 Å². The molecule has 1 N–H and O–H groups in total. The molecule has 3 nitrogen and oxygen atoms in total. The van der Waals surface area contributed by atoms with Gasteiger partial charge >= 0.3 is 0 Å². The van der Waals surface area contributed by atoms with Crippen molar-refractivity contribution in [2.24, 2.45) is 0 Å². The van der Waals surface area contributed by atoms with Gasteiger partial charge in [-0.3, -0.25) is 0 Å². The molecule has 0 saturated heterocycles. The Kier molecular flexibility index (Phi) is 3.58. The van der Waals surface area contributed by atoms with Crippen molar-refractivity contribution in [3.8, 4) is 11.4 Å². The maximum atomic E-state index is 4.75. The summed E-state index contributed by atoms with van der Waals surface area (Å²) in [5, 5.41) is 3.13. The summed E-state index contributed by atoms with van der Waals surface area (Å²) in [5.41, 5.74) is 2.14. The van der Waals surface area contributed by atoms with Crippen LogP contribution in [0.25, 0.3) is 11.4 Å². The van der Waals surface area contributed by atoms with Crippen LogP contribution in [0, 0.1) is 0 Å². The van der Waals surface area contributed by atoms with Crippen molar-refractivity contribution in [3.05, 3.63) is 38.9 Å². The molecule has 19 heavy (non-hydrogen) atoms. The van der Waals surface area contributed by atoms with Gasteiger partial charge in [0.2, 0.25) is 0 Å². The summed E-state index contributed by atoms with van der Waals surface area (Å²) in [6.07, 6.45) is 2.43. The molecule has 3 rings (SSSR count). The van der Waals surface area contributed by atoms with Crippen molar-refractivity contribution >= 4 is 37.7 Å². The van der Waals surface area contributed by atoms with E-state index in [9.17, 15) is 0 Å². The van der Waals surface area contributed by atoms with Crippen molar-refractivity contribution in [2.45, 2.75) is 18.8 Å². The highest BCUT2D eigenvalue weighted by Gasteiger charge is 2.29. The second kappa shape index (κ2) is 5.21. The van der Waals surface area contributed by atoms with Gasteiger partial charge in [0.1, 0.15) is 5.82 Å². The molecule has 5 heteroatoms. The van der Waals surface area contributed by atoms with Gasteiger partial charge in [0.25, 0.3) is 0 Å². The smallest absolute Gasteiger partial charge is 0.162 e. The number of aromatic nitrogens is 2. The third-order valence-corrected chi connectivity index (χ3v) is 4.67. The van der Waals surface area contributed by atoms with E-state index < -0.39 is 0 Å². The largest absolute Gasteiger partial charge is 0.372 e. The first kappa shape index (κ1) is 13.1. The average Bonchev–Trinajstić information content (AvgIpc) is 3.24. The quantitative estimate of drug-likeness (QED) is 0.843. The summed E-state index contributed by atoms with van der Waals surface area (Å²) in [6, 6.07) is 8.04. The second-order valence-electron chi connectivity index (χ2n) is 4.60. The summed E-state index contributed by atoms with van der Waals surface area (Å²) >= 11 is 7.17. The van der Waals surface area contributed by atoms with Crippen LogP contribution in [0.15, 0.2) is 33.2 Å². The standard InChI is InChI=1S/C14H13Br2N3/c1-17-14-11(16)12(8-6-7-8)18-13(19-14)9-4-2-3-5-10(9)15/h2-5,8H,6-7H2,1H3,(H,17,18,19). The Bertz CT molecular complexity index is 624. The minimum absolute atomic E-state index is 0.575. The summed E-state index contributed by atoms with van der Waals surface area (Å²) in [7, 11) is 1.88. The number of hydrogen-bond acceptors (Lipinski definition) is 3. The monoisotopic (exact) mass is 381 g/mol. The Morgan fingerprint density at radius 2 is 1.89 bits per heavy atom. The van der Waals surface area contributed by atoms with Gasteiger partial charge < -0.3 is 5.32 Å². The van der Waals surface area contributed by atoms with E-state index in [1.165, 1.54) is 12.8 Å². The molecule has 0 spiro atoms. The molecule has 1 aliphatic rings. The van der Waals surface area contributed by atoms with Crippen molar-refractivity contribution in [2.75, 3.05) is 12.4 Å². The maximum absolute atomic E-state index is 4.75. The zero-order valence-electron chi connectivity index (χ0n) is 10.5. The number of halogens is 2. The summed E-state index contributed by atoms with van der Waals surface area (Å²) in [4.78, 5) is 9.34. The van der Waals surface area contributed by atoms with Crippen LogP contribution in [0.3, 0.4) is 0 Å². The maximum Gasteiger partial charge on any atom is 0.162 e. The lowest BCUT2D eigenvalue weighted by Crippen LogP contribution is -2.02. The first-order chi connectivity index (χ1) is 9.20. The Labute approximate surface area is 129 Å². The predicted octanol–water partition coefficient (Wildman–Crippen LogP) is 4.59. The molecule has 0 bridgehead atoms. The molecule has 2 aromatic rings. The summed E-state index contributed by atoms with van der Waals surface area (Å²) < 4.78 is 2.01. The van der Waals surface area contributed by atoms with Crippen LogP contribution in [-0.4, -0.2) is 17.0 Å². The van der Waals surface area contributed by atoms with Crippen LogP contribution >= 0.6 is 31.9 Å². The Hall–Kier alpha value is -0.940. The fourth-order valence-electron chi connectivity index (χ4n) is 2.02. The molecule has 0 unspecified atom stereocenters. The second-order valence-corrected chi connectivity index (χ2v) is 6.25. The first-order valence-electron chi connectivity index (χ1n) is 6.20. The Balaban J connectivity index is 2.16. The van der Waals surface area contributed by atoms with Crippen molar-refractivity contribution in [1.29, 1.82) is 0 Å². The minimum atomic E-state index is 0.575. The highest BCUT2D eigenvalue weighted by molar-refractivity contribution is 9.11. The third-order valence-electron chi connectivity index (χ3n) is 3.19. The van der Waals surface area contributed by atoms with Crippen LogP contribution < -0.4 is 5.32 Å². The number of rotatable bonds is 3. The van der Waals surface area contributed by atoms with Crippen molar-refractivity contribution in [3.63, 3.8) is 0 Å². The number of nitrogens with zero attached hydrogens (tertiary/aromatic N) is 2. The van der Waals surface area contributed by atoms with E-state index in [1.807, 2.05) is 31.3 Å². The molecule has 1 aromatic carbocycles. The van der Waals surface area contributed by atoms with Gasteiger partial charge in [-0.1, -0.05) is 34.1 Å². The van der Waals surface area contributed by atoms with Gasteiger partial charge in [-0.15, -0.1) is 0 Å². The first-order valence-corrected chi connectivity index (χ1v) is 7.79. The predicted molar refractivity (Wildman–Crippen MR) is 84.4 cm³/mol. The van der Waals surface area contributed by atoms with Gasteiger partial charge in [-0.2, -0.15) is 0 Å². The van der Waals surface area contributed by atoms with Crippen LogP contribution in [0.4, 0.5) is 5.82 Å². The summed E-state index contributed by atoms with van der Waals surface area (Å²) in [6.45, 7) is 0. The molecule has 98 valence electrons. The average molecular weight is 383 g/mol. The lowest BCUT2D eigenvalue weighted by molar-refractivity contribution is 0.980. The Morgan fingerprint density at radius 1 is 1.16 bits per heavy atom. The minimum Gasteiger partial charge on any atom is -0.372 e. The zero-order valence-corrected chi connectivity index (χ0v) is 13.6. The molecule has 0 aliphatic heterocycles. The van der Waals surface area contributed by atoms with E-state index >= 15 is 0 Å². The molecule has 0 radical (unpaired) electrons.